The number of nitrogens with one attached hydrogen (secondary N) is 1. The third kappa shape index (κ3) is 3.31. The van der Waals surface area contributed by atoms with Crippen LogP contribution in [0.5, 0.6) is 0 Å². The highest BCUT2D eigenvalue weighted by Gasteiger charge is 2.54. The molecular weight excluding hydrogens is 268 g/mol. The fraction of sp³-hybridized carbons (Fsp3) is 0.867. The minimum Gasteiger partial charge on any atom is -0.376 e. The second kappa shape index (κ2) is 5.16. The third-order valence-electron chi connectivity index (χ3n) is 4.26. The number of hydrogen-bond acceptors (Lipinski definition) is 5. The quantitative estimate of drug-likeness (QED) is 0.900. The van der Waals surface area contributed by atoms with E-state index < -0.39 is 0 Å². The van der Waals surface area contributed by atoms with Crippen LogP contribution in [0.2, 0.25) is 0 Å². The molecular formula is C15H26N4O2. The van der Waals surface area contributed by atoms with Gasteiger partial charge in [0.25, 0.3) is 0 Å². The van der Waals surface area contributed by atoms with E-state index in [1.165, 1.54) is 0 Å². The molecule has 1 saturated heterocycles. The van der Waals surface area contributed by atoms with Crippen molar-refractivity contribution in [3.8, 4) is 0 Å². The highest BCUT2D eigenvalue weighted by atomic mass is 16.5. The lowest BCUT2D eigenvalue weighted by Crippen LogP contribution is -2.59. The van der Waals surface area contributed by atoms with E-state index in [1.807, 2.05) is 27.7 Å². The summed E-state index contributed by atoms with van der Waals surface area (Å²) in [7, 11) is 0. The normalized spacial score (nSPS) is 26.5. The van der Waals surface area contributed by atoms with Crippen LogP contribution in [0, 0.1) is 16.2 Å². The van der Waals surface area contributed by atoms with Gasteiger partial charge >= 0.3 is 0 Å². The smallest absolute Gasteiger partial charge is 0.175 e. The highest BCUT2D eigenvalue weighted by Crippen LogP contribution is 2.45. The van der Waals surface area contributed by atoms with E-state index in [0.29, 0.717) is 18.9 Å². The summed E-state index contributed by atoms with van der Waals surface area (Å²) in [5.74, 6) is 0.977. The van der Waals surface area contributed by atoms with Gasteiger partial charge in [0.1, 0.15) is 5.78 Å². The Kier molecular flexibility index (Phi) is 3.95. The Morgan fingerprint density at radius 3 is 2.48 bits per heavy atom. The predicted octanol–water partition coefficient (Wildman–Crippen LogP) is 2.18. The summed E-state index contributed by atoms with van der Waals surface area (Å²) in [6.45, 7) is 12.8. The fourth-order valence-electron chi connectivity index (χ4n) is 3.06. The molecule has 1 aliphatic rings. The van der Waals surface area contributed by atoms with Crippen molar-refractivity contribution in [3.05, 3.63) is 5.82 Å². The summed E-state index contributed by atoms with van der Waals surface area (Å²) in [5, 5.41) is 14.1. The average Bonchev–Trinajstić information content (AvgIpc) is 2.84. The summed E-state index contributed by atoms with van der Waals surface area (Å²) < 4.78 is 5.73. The van der Waals surface area contributed by atoms with Crippen molar-refractivity contribution in [1.82, 2.24) is 20.6 Å². The maximum Gasteiger partial charge on any atom is 0.175 e. The molecule has 0 spiro atoms. The van der Waals surface area contributed by atoms with E-state index in [2.05, 4.69) is 34.5 Å². The van der Waals surface area contributed by atoms with Crippen molar-refractivity contribution in [2.45, 2.75) is 60.5 Å². The van der Waals surface area contributed by atoms with Gasteiger partial charge in [0, 0.05) is 11.8 Å². The molecule has 2 unspecified atom stereocenters. The molecule has 1 aromatic rings. The minimum absolute atomic E-state index is 0.0360. The molecule has 2 atom stereocenters. The molecule has 0 saturated carbocycles. The van der Waals surface area contributed by atoms with Crippen LogP contribution in [0.4, 0.5) is 0 Å². The zero-order valence-electron chi connectivity index (χ0n) is 13.9. The number of tetrazole rings is 1. The molecule has 2 rings (SSSR count). The van der Waals surface area contributed by atoms with Crippen LogP contribution in [0.3, 0.4) is 0 Å². The van der Waals surface area contributed by atoms with Gasteiger partial charge in [-0.1, -0.05) is 39.8 Å². The predicted molar refractivity (Wildman–Crippen MR) is 78.6 cm³/mol. The van der Waals surface area contributed by atoms with Crippen LogP contribution < -0.4 is 0 Å². The number of carbonyl (C=O) groups excluding carboxylic acids is 1. The Morgan fingerprint density at radius 1 is 1.38 bits per heavy atom. The van der Waals surface area contributed by atoms with Crippen LogP contribution in [0.1, 0.15) is 53.8 Å². The number of H-pyrrole nitrogens is 1. The molecule has 6 heteroatoms. The number of ether oxygens (including phenoxy) is 1. The number of aromatic amines is 1. The van der Waals surface area contributed by atoms with E-state index in [0.717, 1.165) is 6.42 Å². The maximum atomic E-state index is 12.7. The molecule has 0 bridgehead atoms. The zero-order valence-corrected chi connectivity index (χ0v) is 13.9. The van der Waals surface area contributed by atoms with Gasteiger partial charge in [-0.25, -0.2) is 0 Å². The third-order valence-corrected chi connectivity index (χ3v) is 4.26. The Balaban J connectivity index is 2.04. The van der Waals surface area contributed by atoms with Crippen LogP contribution >= 0.6 is 0 Å². The monoisotopic (exact) mass is 294 g/mol. The first-order valence-electron chi connectivity index (χ1n) is 7.43. The molecule has 0 amide bonds. The highest BCUT2D eigenvalue weighted by molar-refractivity contribution is 5.90. The summed E-state index contributed by atoms with van der Waals surface area (Å²) in [6, 6.07) is 0. The fourth-order valence-corrected chi connectivity index (χ4v) is 3.06. The lowest BCUT2D eigenvalue weighted by Gasteiger charge is -2.50. The average molecular weight is 294 g/mol. The molecule has 21 heavy (non-hydrogen) atoms. The number of hydrogen-bond donors (Lipinski definition) is 1. The molecule has 1 aromatic heterocycles. The zero-order chi connectivity index (χ0) is 15.9. The topological polar surface area (TPSA) is 80.8 Å². The first kappa shape index (κ1) is 16.1. The second-order valence-electron chi connectivity index (χ2n) is 8.17. The molecule has 1 fully saturated rings. The summed E-state index contributed by atoms with van der Waals surface area (Å²) in [5.41, 5.74) is -0.768. The van der Waals surface area contributed by atoms with Crippen molar-refractivity contribution in [2.75, 3.05) is 6.61 Å². The SMILES string of the molecule is CC(C)(Cc1nn[nH]n1)CC1OCC1(C)C(=O)C(C)(C)C. The molecule has 0 aliphatic carbocycles. The van der Waals surface area contributed by atoms with E-state index >= 15 is 0 Å². The molecule has 0 radical (unpaired) electrons. The molecule has 1 N–H and O–H groups in total. The lowest BCUT2D eigenvalue weighted by molar-refractivity contribution is -0.201. The Bertz CT molecular complexity index is 504. The van der Waals surface area contributed by atoms with Gasteiger partial charge in [0.15, 0.2) is 5.82 Å². The van der Waals surface area contributed by atoms with Gasteiger partial charge in [-0.3, -0.25) is 4.79 Å². The number of carbonyl (C=O) groups is 1. The molecule has 0 aromatic carbocycles. The number of aromatic nitrogens is 4. The van der Waals surface area contributed by atoms with Gasteiger partial charge in [-0.15, -0.1) is 10.2 Å². The lowest BCUT2D eigenvalue weighted by atomic mass is 9.64. The minimum atomic E-state index is -0.382. The van der Waals surface area contributed by atoms with E-state index in [4.69, 9.17) is 4.74 Å². The first-order valence-corrected chi connectivity index (χ1v) is 7.43. The maximum absolute atomic E-state index is 12.7. The summed E-state index contributed by atoms with van der Waals surface area (Å²) in [6.07, 6.45) is 1.48. The first-order chi connectivity index (χ1) is 9.55. The number of ketones is 1. The standard InChI is InChI=1S/C15H26N4O2/c1-13(2,3)12(20)15(6)9-21-10(15)7-14(4,5)8-11-16-18-19-17-11/h10H,7-9H2,1-6H3,(H,16,17,18,19). The van der Waals surface area contributed by atoms with Crippen molar-refractivity contribution in [1.29, 1.82) is 0 Å². The molecule has 6 nitrogen and oxygen atoms in total. The van der Waals surface area contributed by atoms with Crippen LogP contribution in [0.25, 0.3) is 0 Å². The van der Waals surface area contributed by atoms with E-state index in [1.54, 1.807) is 0 Å². The Morgan fingerprint density at radius 2 is 2.05 bits per heavy atom. The van der Waals surface area contributed by atoms with Crippen LogP contribution in [0.15, 0.2) is 0 Å². The number of rotatable bonds is 5. The van der Waals surface area contributed by atoms with Gasteiger partial charge in [0.2, 0.25) is 0 Å². The number of nitrogens with zero attached hydrogens (tertiary/aromatic N) is 3. The summed E-state index contributed by atoms with van der Waals surface area (Å²) in [4.78, 5) is 12.7. The van der Waals surface area contributed by atoms with E-state index in [-0.39, 0.29) is 28.1 Å². The van der Waals surface area contributed by atoms with Gasteiger partial charge in [-0.05, 0) is 18.8 Å². The van der Waals surface area contributed by atoms with E-state index in [9.17, 15) is 4.79 Å². The van der Waals surface area contributed by atoms with Crippen molar-refractivity contribution >= 4 is 5.78 Å². The summed E-state index contributed by atoms with van der Waals surface area (Å²) >= 11 is 0. The van der Waals surface area contributed by atoms with Crippen LogP contribution in [-0.2, 0) is 16.0 Å². The van der Waals surface area contributed by atoms with Crippen molar-refractivity contribution < 1.29 is 9.53 Å². The largest absolute Gasteiger partial charge is 0.376 e. The Hall–Kier alpha value is -1.30. The van der Waals surface area contributed by atoms with Crippen LogP contribution in [-0.4, -0.2) is 39.1 Å². The van der Waals surface area contributed by atoms with Crippen molar-refractivity contribution in [2.24, 2.45) is 16.2 Å². The molecule has 2 heterocycles. The Labute approximate surface area is 126 Å². The number of Topliss-reactive ketones (excluding diaryl/α,β-unsaturated/α-hetero) is 1. The molecule has 118 valence electrons. The second-order valence-corrected chi connectivity index (χ2v) is 8.17. The van der Waals surface area contributed by atoms with Gasteiger partial charge in [0.05, 0.1) is 18.1 Å². The van der Waals surface area contributed by atoms with Gasteiger partial charge < -0.3 is 4.74 Å². The van der Waals surface area contributed by atoms with Crippen molar-refractivity contribution in [3.63, 3.8) is 0 Å². The molecule has 1 aliphatic heterocycles. The van der Waals surface area contributed by atoms with Gasteiger partial charge in [-0.2, -0.15) is 5.21 Å².